The van der Waals surface area contributed by atoms with Gasteiger partial charge >= 0.3 is 0 Å². The third kappa shape index (κ3) is 6.80. The normalized spacial score (nSPS) is 13.4. The first kappa shape index (κ1) is 25.4. The van der Waals surface area contributed by atoms with E-state index in [2.05, 4.69) is 27.5 Å². The molecule has 1 amide bonds. The second kappa shape index (κ2) is 12.8. The molecule has 176 valence electrons. The van der Waals surface area contributed by atoms with Crippen LogP contribution in [0.2, 0.25) is 0 Å². The van der Waals surface area contributed by atoms with Crippen LogP contribution in [0, 0.1) is 6.92 Å². The molecule has 2 aromatic rings. The summed E-state index contributed by atoms with van der Waals surface area (Å²) in [7, 11) is 1.65. The largest absolute Gasteiger partial charge is 0.496 e. The van der Waals surface area contributed by atoms with Crippen molar-refractivity contribution >= 4 is 23.4 Å². The molecule has 0 atom stereocenters. The van der Waals surface area contributed by atoms with Crippen molar-refractivity contribution < 1.29 is 14.6 Å². The minimum Gasteiger partial charge on any atom is -0.496 e. The Labute approximate surface area is 190 Å². The number of aromatic nitrogens is 2. The van der Waals surface area contributed by atoms with Gasteiger partial charge in [0.15, 0.2) is 0 Å². The molecule has 1 aromatic carbocycles. The number of benzene rings is 1. The fourth-order valence-electron chi connectivity index (χ4n) is 3.48. The number of methoxy groups -OCH3 is 1. The average molecular weight is 445 g/mol. The maximum atomic E-state index is 12.2. The van der Waals surface area contributed by atoms with Gasteiger partial charge in [0.25, 0.3) is 0 Å². The van der Waals surface area contributed by atoms with Gasteiger partial charge in [0.2, 0.25) is 11.9 Å². The minimum atomic E-state index is 0.0660. The Kier molecular flexibility index (Phi) is 10.2. The summed E-state index contributed by atoms with van der Waals surface area (Å²) in [6.07, 6.45) is 2.76. The van der Waals surface area contributed by atoms with Crippen LogP contribution < -0.4 is 26.0 Å². The Balaban J connectivity index is 0.00000114. The molecule has 1 fully saturated rings. The number of nitrogens with two attached hydrogens (primary N) is 1. The molecule has 1 aliphatic heterocycles. The summed E-state index contributed by atoms with van der Waals surface area (Å²) in [6.45, 7) is 8.65. The molecule has 0 radical (unpaired) electrons. The van der Waals surface area contributed by atoms with Crippen molar-refractivity contribution in [1.29, 1.82) is 0 Å². The third-order valence-electron chi connectivity index (χ3n) is 5.09. The predicted octanol–water partition coefficient (Wildman–Crippen LogP) is 2.11. The van der Waals surface area contributed by atoms with E-state index in [1.807, 2.05) is 25.1 Å². The number of aliphatic hydroxyl groups is 1. The summed E-state index contributed by atoms with van der Waals surface area (Å²) < 4.78 is 5.65. The lowest BCUT2D eigenvalue weighted by Crippen LogP contribution is -2.48. The molecule has 0 aliphatic carbocycles. The molecule has 9 heteroatoms. The average Bonchev–Trinajstić information content (AvgIpc) is 2.77. The number of carbonyl (C=O) groups is 1. The van der Waals surface area contributed by atoms with Gasteiger partial charge in [0.1, 0.15) is 11.6 Å². The van der Waals surface area contributed by atoms with Gasteiger partial charge in [-0.15, -0.1) is 0 Å². The zero-order valence-corrected chi connectivity index (χ0v) is 19.6. The van der Waals surface area contributed by atoms with Crippen molar-refractivity contribution in [2.45, 2.75) is 40.0 Å². The standard InChI is InChI=1S/C21H30N6O2.C2H6O/c1-4-5-8-24-20-17(14(2)25-21(22)26-20)11-15-6-7-16(12-18(15)29-3)27-10-9-23-13-19(27)28;1-2-3/h6-7,12,23H,4-5,8-11,13H2,1-3H3,(H3,22,24,25,26);3H,2H2,1H3. The van der Waals surface area contributed by atoms with E-state index in [1.54, 1.807) is 18.9 Å². The number of ether oxygens (including phenoxy) is 1. The molecule has 1 saturated heterocycles. The fourth-order valence-corrected chi connectivity index (χ4v) is 3.48. The number of carbonyl (C=O) groups excluding carboxylic acids is 1. The van der Waals surface area contributed by atoms with Crippen molar-refractivity contribution in [2.75, 3.05) is 55.8 Å². The number of piperazine rings is 1. The Hall–Kier alpha value is -2.91. The Bertz CT molecular complexity index is 890. The smallest absolute Gasteiger partial charge is 0.240 e. The van der Waals surface area contributed by atoms with Crippen LogP contribution in [0.1, 0.15) is 43.5 Å². The van der Waals surface area contributed by atoms with Gasteiger partial charge in [0, 0.05) is 55.7 Å². The fraction of sp³-hybridized carbons (Fsp3) is 0.522. The summed E-state index contributed by atoms with van der Waals surface area (Å²) in [5.74, 6) is 1.84. The lowest BCUT2D eigenvalue weighted by Gasteiger charge is -2.28. The summed E-state index contributed by atoms with van der Waals surface area (Å²) in [6, 6.07) is 5.91. The molecule has 5 N–H and O–H groups in total. The third-order valence-corrected chi connectivity index (χ3v) is 5.09. The van der Waals surface area contributed by atoms with Crippen molar-refractivity contribution in [3.63, 3.8) is 0 Å². The van der Waals surface area contributed by atoms with Gasteiger partial charge in [-0.3, -0.25) is 4.79 Å². The molecule has 2 heterocycles. The second-order valence-corrected chi connectivity index (χ2v) is 7.49. The lowest BCUT2D eigenvalue weighted by atomic mass is 10.0. The lowest BCUT2D eigenvalue weighted by molar-refractivity contribution is -0.118. The highest BCUT2D eigenvalue weighted by Gasteiger charge is 2.21. The number of unbranched alkanes of at least 4 members (excludes halogenated alkanes) is 1. The number of anilines is 3. The van der Waals surface area contributed by atoms with E-state index < -0.39 is 0 Å². The zero-order chi connectivity index (χ0) is 23.5. The summed E-state index contributed by atoms with van der Waals surface area (Å²) in [5.41, 5.74) is 9.57. The highest BCUT2D eigenvalue weighted by atomic mass is 16.5. The minimum absolute atomic E-state index is 0.0660. The van der Waals surface area contributed by atoms with Crippen LogP contribution in [0.5, 0.6) is 5.75 Å². The quantitative estimate of drug-likeness (QED) is 0.456. The van der Waals surface area contributed by atoms with E-state index in [4.69, 9.17) is 15.6 Å². The summed E-state index contributed by atoms with van der Waals surface area (Å²) in [5, 5.41) is 14.1. The predicted molar refractivity (Wildman–Crippen MR) is 128 cm³/mol. The van der Waals surface area contributed by atoms with Gasteiger partial charge in [-0.05, 0) is 31.9 Å². The van der Waals surface area contributed by atoms with Crippen molar-refractivity contribution in [2.24, 2.45) is 0 Å². The van der Waals surface area contributed by atoms with E-state index in [9.17, 15) is 4.79 Å². The van der Waals surface area contributed by atoms with Gasteiger partial charge in [-0.1, -0.05) is 19.4 Å². The highest BCUT2D eigenvalue weighted by molar-refractivity contribution is 5.95. The molecule has 0 saturated carbocycles. The Morgan fingerprint density at radius 2 is 2.06 bits per heavy atom. The van der Waals surface area contributed by atoms with Crippen LogP contribution in [0.15, 0.2) is 18.2 Å². The molecule has 0 spiro atoms. The van der Waals surface area contributed by atoms with Crippen molar-refractivity contribution in [3.8, 4) is 5.75 Å². The SMILES string of the molecule is CCCCNc1nc(N)nc(C)c1Cc1ccc(N2CCNCC2=O)cc1OC.CCO. The van der Waals surface area contributed by atoms with E-state index in [1.165, 1.54) is 0 Å². The van der Waals surface area contributed by atoms with E-state index >= 15 is 0 Å². The molecular weight excluding hydrogens is 408 g/mol. The molecular formula is C23H36N6O3. The van der Waals surface area contributed by atoms with Crippen LogP contribution in [0.25, 0.3) is 0 Å². The molecule has 9 nitrogen and oxygen atoms in total. The monoisotopic (exact) mass is 444 g/mol. The van der Waals surface area contributed by atoms with Gasteiger partial charge in [-0.25, -0.2) is 4.98 Å². The highest BCUT2D eigenvalue weighted by Crippen LogP contribution is 2.30. The number of nitrogens with one attached hydrogen (secondary N) is 2. The van der Waals surface area contributed by atoms with Gasteiger partial charge < -0.3 is 31.1 Å². The number of aryl methyl sites for hydroxylation is 1. The van der Waals surface area contributed by atoms with Gasteiger partial charge in [0.05, 0.1) is 13.7 Å². The number of hydrogen-bond donors (Lipinski definition) is 4. The molecule has 3 rings (SSSR count). The summed E-state index contributed by atoms with van der Waals surface area (Å²) >= 11 is 0. The maximum absolute atomic E-state index is 12.2. The van der Waals surface area contributed by atoms with Crippen LogP contribution >= 0.6 is 0 Å². The Morgan fingerprint density at radius 3 is 2.72 bits per heavy atom. The van der Waals surface area contributed by atoms with Crippen molar-refractivity contribution in [3.05, 3.63) is 35.0 Å². The number of nitrogen functional groups attached to an aromatic ring is 1. The molecule has 1 aliphatic rings. The molecule has 0 bridgehead atoms. The second-order valence-electron chi connectivity index (χ2n) is 7.49. The zero-order valence-electron chi connectivity index (χ0n) is 19.6. The molecule has 0 unspecified atom stereocenters. The first-order valence-corrected chi connectivity index (χ1v) is 11.1. The molecule has 1 aromatic heterocycles. The Morgan fingerprint density at radius 1 is 1.31 bits per heavy atom. The first-order valence-electron chi connectivity index (χ1n) is 11.1. The van der Waals surface area contributed by atoms with E-state index in [0.717, 1.165) is 60.0 Å². The van der Waals surface area contributed by atoms with Crippen molar-refractivity contribution in [1.82, 2.24) is 15.3 Å². The van der Waals surface area contributed by atoms with Crippen LogP contribution in [-0.2, 0) is 11.2 Å². The van der Waals surface area contributed by atoms with E-state index in [0.29, 0.717) is 19.5 Å². The molecule has 32 heavy (non-hydrogen) atoms. The number of rotatable bonds is 8. The summed E-state index contributed by atoms with van der Waals surface area (Å²) in [4.78, 5) is 22.7. The van der Waals surface area contributed by atoms with Gasteiger partial charge in [-0.2, -0.15) is 4.98 Å². The first-order chi connectivity index (χ1) is 15.4. The maximum Gasteiger partial charge on any atom is 0.240 e. The van der Waals surface area contributed by atoms with Crippen LogP contribution in [0.4, 0.5) is 17.5 Å². The number of hydrogen-bond acceptors (Lipinski definition) is 8. The van der Waals surface area contributed by atoms with Crippen LogP contribution in [0.3, 0.4) is 0 Å². The van der Waals surface area contributed by atoms with Crippen LogP contribution in [-0.4, -0.2) is 60.9 Å². The number of amides is 1. The van der Waals surface area contributed by atoms with E-state index in [-0.39, 0.29) is 18.5 Å². The topological polar surface area (TPSA) is 126 Å². The number of nitrogens with zero attached hydrogens (tertiary/aromatic N) is 3. The number of aliphatic hydroxyl groups excluding tert-OH is 1.